The van der Waals surface area contributed by atoms with Gasteiger partial charge in [-0.25, -0.2) is 0 Å². The van der Waals surface area contributed by atoms with Crippen molar-refractivity contribution in [2.75, 3.05) is 0 Å². The van der Waals surface area contributed by atoms with Gasteiger partial charge in [0.1, 0.15) is 0 Å². The van der Waals surface area contributed by atoms with Crippen LogP contribution in [-0.2, 0) is 0 Å². The minimum atomic E-state index is -0.207. The van der Waals surface area contributed by atoms with E-state index in [2.05, 4.69) is 5.32 Å². The van der Waals surface area contributed by atoms with Crippen LogP contribution in [0.2, 0.25) is 5.22 Å². The average molecular weight is 243 g/mol. The molecule has 1 aromatic rings. The van der Waals surface area contributed by atoms with Gasteiger partial charge in [0.05, 0.1) is 11.8 Å². The van der Waals surface area contributed by atoms with Gasteiger partial charge >= 0.3 is 0 Å². The molecule has 1 heterocycles. The van der Waals surface area contributed by atoms with Crippen molar-refractivity contribution in [3.63, 3.8) is 0 Å². The van der Waals surface area contributed by atoms with Crippen molar-refractivity contribution in [2.45, 2.75) is 37.8 Å². The van der Waals surface area contributed by atoms with Crippen LogP contribution in [0, 0.1) is 0 Å². The Morgan fingerprint density at radius 3 is 2.88 bits per heavy atom. The molecule has 0 radical (unpaired) electrons. The molecule has 88 valence electrons. The summed E-state index contributed by atoms with van der Waals surface area (Å²) in [6, 6.07) is 1.65. The maximum atomic E-state index is 11.8. The van der Waals surface area contributed by atoms with Crippen LogP contribution < -0.4 is 11.1 Å². The van der Waals surface area contributed by atoms with E-state index in [4.69, 9.17) is 21.8 Å². The Morgan fingerprint density at radius 2 is 2.25 bits per heavy atom. The zero-order valence-electron chi connectivity index (χ0n) is 8.91. The highest BCUT2D eigenvalue weighted by Crippen LogP contribution is 2.20. The highest BCUT2D eigenvalue weighted by molar-refractivity contribution is 6.32. The lowest BCUT2D eigenvalue weighted by molar-refractivity contribution is 0.0921. The number of carbonyl (C=O) groups excluding carboxylic acids is 1. The lowest BCUT2D eigenvalue weighted by Crippen LogP contribution is -2.49. The van der Waals surface area contributed by atoms with E-state index in [9.17, 15) is 4.79 Å². The summed E-state index contributed by atoms with van der Waals surface area (Å²) in [7, 11) is 0. The molecular weight excluding hydrogens is 228 g/mol. The van der Waals surface area contributed by atoms with Crippen LogP contribution in [0.4, 0.5) is 0 Å². The Labute approximate surface area is 99.1 Å². The number of halogens is 1. The van der Waals surface area contributed by atoms with E-state index < -0.39 is 0 Å². The molecule has 1 aliphatic rings. The van der Waals surface area contributed by atoms with E-state index in [0.29, 0.717) is 5.56 Å². The molecule has 1 amide bonds. The van der Waals surface area contributed by atoms with Crippen molar-refractivity contribution in [1.29, 1.82) is 0 Å². The number of furan rings is 1. The SMILES string of the molecule is N[C@@H]1CCCC[C@H]1NC(=O)c1ccoc1Cl. The van der Waals surface area contributed by atoms with Crippen molar-refractivity contribution in [2.24, 2.45) is 5.73 Å². The van der Waals surface area contributed by atoms with Gasteiger partial charge in [-0.15, -0.1) is 0 Å². The molecular formula is C11H15ClN2O2. The Morgan fingerprint density at radius 1 is 1.50 bits per heavy atom. The van der Waals surface area contributed by atoms with Crippen LogP contribution >= 0.6 is 11.6 Å². The van der Waals surface area contributed by atoms with E-state index in [-0.39, 0.29) is 23.2 Å². The predicted molar refractivity (Wildman–Crippen MR) is 61.4 cm³/mol. The number of amides is 1. The second kappa shape index (κ2) is 4.89. The van der Waals surface area contributed by atoms with Gasteiger partial charge in [-0.1, -0.05) is 12.8 Å². The summed E-state index contributed by atoms with van der Waals surface area (Å²) in [5.74, 6) is -0.207. The quantitative estimate of drug-likeness (QED) is 0.833. The summed E-state index contributed by atoms with van der Waals surface area (Å²) in [6.07, 6.45) is 5.54. The van der Waals surface area contributed by atoms with Crippen LogP contribution in [0.3, 0.4) is 0 Å². The van der Waals surface area contributed by atoms with E-state index >= 15 is 0 Å². The van der Waals surface area contributed by atoms with Crippen molar-refractivity contribution < 1.29 is 9.21 Å². The van der Waals surface area contributed by atoms with Gasteiger partial charge in [-0.2, -0.15) is 0 Å². The molecule has 0 aromatic carbocycles. The van der Waals surface area contributed by atoms with Crippen molar-refractivity contribution >= 4 is 17.5 Å². The van der Waals surface area contributed by atoms with Crippen LogP contribution in [0.1, 0.15) is 36.0 Å². The highest BCUT2D eigenvalue weighted by Gasteiger charge is 2.24. The molecule has 0 unspecified atom stereocenters. The first-order chi connectivity index (χ1) is 7.68. The summed E-state index contributed by atoms with van der Waals surface area (Å²) >= 11 is 5.73. The number of carbonyl (C=O) groups is 1. The van der Waals surface area contributed by atoms with Crippen LogP contribution in [0.5, 0.6) is 0 Å². The summed E-state index contributed by atoms with van der Waals surface area (Å²) < 4.78 is 4.87. The Bertz CT molecular complexity index is 378. The van der Waals surface area contributed by atoms with Gasteiger partial charge in [0.15, 0.2) is 0 Å². The zero-order chi connectivity index (χ0) is 11.5. The van der Waals surface area contributed by atoms with Gasteiger partial charge in [-0.3, -0.25) is 4.79 Å². The average Bonchev–Trinajstić information content (AvgIpc) is 2.68. The maximum absolute atomic E-state index is 11.8. The van der Waals surface area contributed by atoms with E-state index in [1.54, 1.807) is 6.07 Å². The summed E-state index contributed by atoms with van der Waals surface area (Å²) in [5.41, 5.74) is 6.32. The Kier molecular flexibility index (Phi) is 3.51. The number of hydrogen-bond donors (Lipinski definition) is 2. The van der Waals surface area contributed by atoms with Gasteiger partial charge in [0, 0.05) is 12.1 Å². The summed E-state index contributed by atoms with van der Waals surface area (Å²) in [4.78, 5) is 11.8. The normalized spacial score (nSPS) is 25.4. The number of hydrogen-bond acceptors (Lipinski definition) is 3. The summed E-state index contributed by atoms with van der Waals surface area (Å²) in [6.45, 7) is 0. The van der Waals surface area contributed by atoms with Gasteiger partial charge < -0.3 is 15.5 Å². The van der Waals surface area contributed by atoms with Crippen LogP contribution in [-0.4, -0.2) is 18.0 Å². The lowest BCUT2D eigenvalue weighted by Gasteiger charge is -2.29. The largest absolute Gasteiger partial charge is 0.452 e. The predicted octanol–water partition coefficient (Wildman–Crippen LogP) is 1.93. The van der Waals surface area contributed by atoms with Gasteiger partial charge in [-0.05, 0) is 30.5 Å². The van der Waals surface area contributed by atoms with E-state index in [1.807, 2.05) is 0 Å². The lowest BCUT2D eigenvalue weighted by atomic mass is 9.91. The molecule has 4 nitrogen and oxygen atoms in total. The molecule has 3 N–H and O–H groups in total. The monoisotopic (exact) mass is 242 g/mol. The second-order valence-electron chi connectivity index (χ2n) is 4.14. The molecule has 1 aromatic heterocycles. The first-order valence-corrected chi connectivity index (χ1v) is 5.85. The highest BCUT2D eigenvalue weighted by atomic mass is 35.5. The topological polar surface area (TPSA) is 68.3 Å². The molecule has 2 atom stereocenters. The first kappa shape index (κ1) is 11.5. The van der Waals surface area contributed by atoms with Crippen molar-refractivity contribution in [1.82, 2.24) is 5.32 Å². The van der Waals surface area contributed by atoms with Crippen molar-refractivity contribution in [3.05, 3.63) is 23.1 Å². The fraction of sp³-hybridized carbons (Fsp3) is 0.545. The molecule has 1 aliphatic carbocycles. The zero-order valence-corrected chi connectivity index (χ0v) is 9.67. The van der Waals surface area contributed by atoms with Gasteiger partial charge in [0.25, 0.3) is 5.91 Å². The molecule has 0 spiro atoms. The first-order valence-electron chi connectivity index (χ1n) is 5.48. The Hall–Kier alpha value is -1.00. The molecule has 0 bridgehead atoms. The molecule has 16 heavy (non-hydrogen) atoms. The maximum Gasteiger partial charge on any atom is 0.256 e. The number of rotatable bonds is 2. The van der Waals surface area contributed by atoms with E-state index in [1.165, 1.54) is 6.26 Å². The number of nitrogens with one attached hydrogen (secondary N) is 1. The third-order valence-electron chi connectivity index (χ3n) is 3.00. The minimum absolute atomic E-state index is 0.0448. The third-order valence-corrected chi connectivity index (χ3v) is 3.29. The van der Waals surface area contributed by atoms with Crippen molar-refractivity contribution in [3.8, 4) is 0 Å². The molecule has 0 saturated heterocycles. The van der Waals surface area contributed by atoms with Crippen LogP contribution in [0.15, 0.2) is 16.7 Å². The molecule has 0 aliphatic heterocycles. The van der Waals surface area contributed by atoms with E-state index in [0.717, 1.165) is 25.7 Å². The molecule has 2 rings (SSSR count). The standard InChI is InChI=1S/C11H15ClN2O2/c12-10-7(5-6-16-10)11(15)14-9-4-2-1-3-8(9)13/h5-6,8-9H,1-4,13H2,(H,14,15)/t8-,9-/m1/s1. The minimum Gasteiger partial charge on any atom is -0.452 e. The Balaban J connectivity index is 1.99. The number of nitrogens with two attached hydrogens (primary N) is 1. The second-order valence-corrected chi connectivity index (χ2v) is 4.48. The molecule has 1 saturated carbocycles. The smallest absolute Gasteiger partial charge is 0.256 e. The molecule has 1 fully saturated rings. The fourth-order valence-electron chi connectivity index (χ4n) is 2.04. The summed E-state index contributed by atoms with van der Waals surface area (Å²) in [5, 5.41) is 3.03. The van der Waals surface area contributed by atoms with Crippen LogP contribution in [0.25, 0.3) is 0 Å². The third kappa shape index (κ3) is 2.39. The van der Waals surface area contributed by atoms with Gasteiger partial charge in [0.2, 0.25) is 5.22 Å². The fourth-order valence-corrected chi connectivity index (χ4v) is 2.24. The molecule has 5 heteroatoms.